The van der Waals surface area contributed by atoms with Gasteiger partial charge in [-0.15, -0.1) is 0 Å². The second kappa shape index (κ2) is 9.18. The SMILES string of the molecule is c1cc(-n2c3ccccc3c3cc(-n4c5ccccc5c5ccccc54)ccc32)cc(-n2c3ccccc3c3ccncc32)c1. The highest BCUT2D eigenvalue weighted by Crippen LogP contribution is 2.38. The van der Waals surface area contributed by atoms with Crippen molar-refractivity contribution < 1.29 is 0 Å². The maximum Gasteiger partial charge on any atom is 0.0724 e. The fourth-order valence-corrected chi connectivity index (χ4v) is 7.45. The molecule has 6 aromatic carbocycles. The molecule has 10 aromatic rings. The summed E-state index contributed by atoms with van der Waals surface area (Å²) in [4.78, 5) is 4.49. The van der Waals surface area contributed by atoms with Crippen LogP contribution in [0.2, 0.25) is 0 Å². The highest BCUT2D eigenvalue weighted by molar-refractivity contribution is 6.12. The molecule has 4 aromatic heterocycles. The number of hydrogen-bond donors (Lipinski definition) is 0. The molecule has 0 saturated carbocycles. The predicted molar refractivity (Wildman–Crippen MR) is 187 cm³/mol. The van der Waals surface area contributed by atoms with Crippen molar-refractivity contribution in [2.75, 3.05) is 0 Å². The maximum atomic E-state index is 4.49. The maximum absolute atomic E-state index is 4.49. The van der Waals surface area contributed by atoms with E-state index >= 15 is 0 Å². The third kappa shape index (κ3) is 3.39. The lowest BCUT2D eigenvalue weighted by Crippen LogP contribution is -1.99. The van der Waals surface area contributed by atoms with Gasteiger partial charge in [0.05, 0.1) is 39.3 Å². The third-order valence-corrected chi connectivity index (χ3v) is 9.32. The lowest BCUT2D eigenvalue weighted by Gasteiger charge is -2.13. The van der Waals surface area contributed by atoms with Gasteiger partial charge in [-0.3, -0.25) is 4.98 Å². The largest absolute Gasteiger partial charge is 0.309 e. The first kappa shape index (κ1) is 24.3. The van der Waals surface area contributed by atoms with Crippen molar-refractivity contribution in [3.63, 3.8) is 0 Å². The van der Waals surface area contributed by atoms with Crippen LogP contribution in [-0.2, 0) is 0 Å². The molecule has 210 valence electrons. The summed E-state index contributed by atoms with van der Waals surface area (Å²) < 4.78 is 7.12. The van der Waals surface area contributed by atoms with Crippen molar-refractivity contribution in [1.29, 1.82) is 0 Å². The van der Waals surface area contributed by atoms with Gasteiger partial charge < -0.3 is 13.7 Å². The van der Waals surface area contributed by atoms with Crippen molar-refractivity contribution in [1.82, 2.24) is 18.7 Å². The van der Waals surface area contributed by atoms with Gasteiger partial charge in [-0.2, -0.15) is 0 Å². The highest BCUT2D eigenvalue weighted by atomic mass is 15.0. The zero-order valence-corrected chi connectivity index (χ0v) is 24.3. The zero-order valence-electron chi connectivity index (χ0n) is 24.3. The summed E-state index contributed by atoms with van der Waals surface area (Å²) in [6, 6.07) is 52.6. The van der Waals surface area contributed by atoms with E-state index in [-0.39, 0.29) is 0 Å². The van der Waals surface area contributed by atoms with E-state index in [0.29, 0.717) is 0 Å². The summed E-state index contributed by atoms with van der Waals surface area (Å²) in [7, 11) is 0. The van der Waals surface area contributed by atoms with Crippen molar-refractivity contribution in [2.45, 2.75) is 0 Å². The standard InChI is InChI=1S/C41H26N4/c1-5-16-36-30(12-1)31-13-2-6-17-37(31)44(36)29-20-21-40-35(25-29)33-15-4-8-19-39(33)43(40)27-10-9-11-28(24-27)45-38-18-7-3-14-32(38)34-22-23-42-26-41(34)45/h1-26H. The summed E-state index contributed by atoms with van der Waals surface area (Å²) in [5, 5.41) is 7.45. The molecule has 45 heavy (non-hydrogen) atoms. The molecule has 0 aliphatic heterocycles. The minimum atomic E-state index is 1.11. The highest BCUT2D eigenvalue weighted by Gasteiger charge is 2.17. The molecule has 0 amide bonds. The second-order valence-corrected chi connectivity index (χ2v) is 11.7. The number of fused-ring (bicyclic) bond motifs is 9. The topological polar surface area (TPSA) is 27.7 Å². The first-order chi connectivity index (χ1) is 22.3. The summed E-state index contributed by atoms with van der Waals surface area (Å²) >= 11 is 0. The quantitative estimate of drug-likeness (QED) is 0.206. The zero-order chi connectivity index (χ0) is 29.5. The van der Waals surface area contributed by atoms with Gasteiger partial charge >= 0.3 is 0 Å². The molecule has 0 radical (unpaired) electrons. The van der Waals surface area contributed by atoms with Crippen LogP contribution in [0.3, 0.4) is 0 Å². The molecule has 0 saturated heterocycles. The minimum absolute atomic E-state index is 1.11. The Labute approximate surface area is 258 Å². The second-order valence-electron chi connectivity index (χ2n) is 11.7. The van der Waals surface area contributed by atoms with Gasteiger partial charge in [-0.1, -0.05) is 78.9 Å². The Bertz CT molecular complexity index is 2670. The number of rotatable bonds is 3. The Morgan fingerprint density at radius 2 is 0.733 bits per heavy atom. The monoisotopic (exact) mass is 574 g/mol. The first-order valence-electron chi connectivity index (χ1n) is 15.3. The number of aromatic nitrogens is 4. The average Bonchev–Trinajstić information content (AvgIpc) is 3.74. The van der Waals surface area contributed by atoms with E-state index in [0.717, 1.165) is 22.6 Å². The smallest absolute Gasteiger partial charge is 0.0724 e. The van der Waals surface area contributed by atoms with Crippen LogP contribution in [0.25, 0.3) is 82.5 Å². The molecule has 0 bridgehead atoms. The Morgan fingerprint density at radius 1 is 0.311 bits per heavy atom. The van der Waals surface area contributed by atoms with E-state index in [1.165, 1.54) is 59.9 Å². The van der Waals surface area contributed by atoms with Crippen LogP contribution < -0.4 is 0 Å². The van der Waals surface area contributed by atoms with Gasteiger partial charge in [-0.25, -0.2) is 0 Å². The molecule has 0 aliphatic carbocycles. The van der Waals surface area contributed by atoms with Gasteiger partial charge in [-0.05, 0) is 66.7 Å². The lowest BCUT2D eigenvalue weighted by atomic mass is 10.1. The molecule has 0 aliphatic rings. The molecule has 0 atom stereocenters. The Morgan fingerprint density at radius 3 is 1.29 bits per heavy atom. The van der Waals surface area contributed by atoms with Crippen LogP contribution in [0.1, 0.15) is 0 Å². The van der Waals surface area contributed by atoms with Crippen LogP contribution in [-0.4, -0.2) is 18.7 Å². The van der Waals surface area contributed by atoms with E-state index in [9.17, 15) is 0 Å². The van der Waals surface area contributed by atoms with E-state index < -0.39 is 0 Å². The molecule has 0 fully saturated rings. The Kier molecular flexibility index (Phi) is 4.96. The van der Waals surface area contributed by atoms with Gasteiger partial charge in [0.15, 0.2) is 0 Å². The van der Waals surface area contributed by atoms with Gasteiger partial charge in [0.2, 0.25) is 0 Å². The summed E-state index contributed by atoms with van der Waals surface area (Å²) in [5.41, 5.74) is 10.5. The lowest BCUT2D eigenvalue weighted by molar-refractivity contribution is 1.13. The fraction of sp³-hybridized carbons (Fsp3) is 0. The fourth-order valence-electron chi connectivity index (χ4n) is 7.45. The number of para-hydroxylation sites is 4. The van der Waals surface area contributed by atoms with Crippen molar-refractivity contribution in [3.05, 3.63) is 158 Å². The molecule has 4 heteroatoms. The summed E-state index contributed by atoms with van der Waals surface area (Å²) in [6.07, 6.45) is 3.85. The van der Waals surface area contributed by atoms with Crippen LogP contribution in [0, 0.1) is 0 Å². The molecular formula is C41H26N4. The van der Waals surface area contributed by atoms with Gasteiger partial charge in [0.1, 0.15) is 0 Å². The van der Waals surface area contributed by atoms with E-state index in [4.69, 9.17) is 0 Å². The number of nitrogens with zero attached hydrogens (tertiary/aromatic N) is 4. The molecular weight excluding hydrogens is 548 g/mol. The predicted octanol–water partition coefficient (Wildman–Crippen LogP) is 10.4. The van der Waals surface area contributed by atoms with E-state index in [1.54, 1.807) is 0 Å². The third-order valence-electron chi connectivity index (χ3n) is 9.32. The van der Waals surface area contributed by atoms with E-state index in [2.05, 4.69) is 164 Å². The normalized spacial score (nSPS) is 12.0. The van der Waals surface area contributed by atoms with Gasteiger partial charge in [0.25, 0.3) is 0 Å². The molecule has 0 N–H and O–H groups in total. The van der Waals surface area contributed by atoms with Crippen molar-refractivity contribution in [2.24, 2.45) is 0 Å². The van der Waals surface area contributed by atoms with Crippen LogP contribution in [0.5, 0.6) is 0 Å². The minimum Gasteiger partial charge on any atom is -0.309 e. The van der Waals surface area contributed by atoms with Crippen LogP contribution in [0.4, 0.5) is 0 Å². The van der Waals surface area contributed by atoms with Crippen molar-refractivity contribution >= 4 is 65.4 Å². The number of hydrogen-bond acceptors (Lipinski definition) is 1. The molecule has 0 spiro atoms. The summed E-state index contributed by atoms with van der Waals surface area (Å²) in [6.45, 7) is 0. The van der Waals surface area contributed by atoms with Gasteiger partial charge in [0, 0.05) is 55.6 Å². The molecule has 0 unspecified atom stereocenters. The van der Waals surface area contributed by atoms with Crippen LogP contribution in [0.15, 0.2) is 158 Å². The molecule has 4 nitrogen and oxygen atoms in total. The molecule has 10 rings (SSSR count). The first-order valence-corrected chi connectivity index (χ1v) is 15.3. The average molecular weight is 575 g/mol. The Balaban J connectivity index is 1.22. The molecule has 4 heterocycles. The number of benzene rings is 6. The van der Waals surface area contributed by atoms with Crippen LogP contribution >= 0.6 is 0 Å². The summed E-state index contributed by atoms with van der Waals surface area (Å²) in [5.74, 6) is 0. The van der Waals surface area contributed by atoms with E-state index in [1.807, 2.05) is 12.4 Å². The Hall–Kier alpha value is -6.13. The number of pyridine rings is 1. The van der Waals surface area contributed by atoms with Crippen molar-refractivity contribution in [3.8, 4) is 17.1 Å².